The lowest BCUT2D eigenvalue weighted by molar-refractivity contribution is -0.728. The van der Waals surface area contributed by atoms with E-state index in [0.717, 1.165) is 0 Å². The number of aromatic amines is 1. The Bertz CT molecular complexity index is 629. The number of H-pyrrole nitrogens is 1. The average molecular weight is 240 g/mol. The summed E-state index contributed by atoms with van der Waals surface area (Å²) in [5.74, 6) is 0. The number of imidazole rings is 1. The Morgan fingerprint density at radius 1 is 1.31 bits per heavy atom. The molecule has 6 heteroatoms. The van der Waals surface area contributed by atoms with Crippen LogP contribution < -0.4 is 4.57 Å². The van der Waals surface area contributed by atoms with Gasteiger partial charge in [0.05, 0.1) is 6.04 Å². The summed E-state index contributed by atoms with van der Waals surface area (Å²) in [6.07, 6.45) is 0. The van der Waals surface area contributed by atoms with Crippen molar-refractivity contribution in [3.63, 3.8) is 0 Å². The normalized spacial score (nSPS) is 12.5. The Morgan fingerprint density at radius 2 is 1.94 bits per heavy atom. The molecule has 1 aromatic carbocycles. The summed E-state index contributed by atoms with van der Waals surface area (Å²) in [6.45, 7) is 3.66. The van der Waals surface area contributed by atoms with E-state index in [4.69, 9.17) is 0 Å². The third kappa shape index (κ3) is 1.70. The van der Waals surface area contributed by atoms with E-state index >= 15 is 0 Å². The summed E-state index contributed by atoms with van der Waals surface area (Å²) in [5.41, 5.74) is 1.36. The van der Waals surface area contributed by atoms with Crippen molar-refractivity contribution in [2.75, 3.05) is 0 Å². The molecule has 0 saturated carbocycles. The van der Waals surface area contributed by atoms with Crippen molar-refractivity contribution in [3.05, 3.63) is 24.3 Å². The van der Waals surface area contributed by atoms with Crippen LogP contribution in [-0.2, 0) is 10.1 Å². The topological polar surface area (TPSA) is 76.9 Å². The second kappa shape index (κ2) is 3.57. The van der Waals surface area contributed by atoms with Gasteiger partial charge in [-0.3, -0.25) is 0 Å². The van der Waals surface area contributed by atoms with E-state index in [0.29, 0.717) is 11.0 Å². The second-order valence-corrected chi connectivity index (χ2v) is 5.16. The zero-order valence-corrected chi connectivity index (χ0v) is 9.78. The van der Waals surface area contributed by atoms with Gasteiger partial charge in [-0.15, -0.1) is 0 Å². The number of benzene rings is 1. The van der Waals surface area contributed by atoms with E-state index in [1.54, 1.807) is 24.3 Å². The molecule has 0 amide bonds. The van der Waals surface area contributed by atoms with Crippen LogP contribution in [0.4, 0.5) is 0 Å². The average Bonchev–Trinajstić information content (AvgIpc) is 2.55. The maximum Gasteiger partial charge on any atom is 0.362 e. The van der Waals surface area contributed by atoms with Gasteiger partial charge in [0, 0.05) is 0 Å². The number of nitrogens with zero attached hydrogens (tertiary/aromatic N) is 1. The zero-order valence-electron chi connectivity index (χ0n) is 8.97. The van der Waals surface area contributed by atoms with E-state index in [-0.39, 0.29) is 11.2 Å². The lowest BCUT2D eigenvalue weighted by Gasteiger charge is -2.07. The Balaban J connectivity index is 2.89. The van der Waals surface area contributed by atoms with Crippen molar-refractivity contribution in [2.45, 2.75) is 25.0 Å². The Labute approximate surface area is 93.5 Å². The van der Waals surface area contributed by atoms with E-state index in [1.807, 2.05) is 13.8 Å². The molecule has 0 unspecified atom stereocenters. The predicted octanol–water partition coefficient (Wildman–Crippen LogP) is 0.940. The quantitative estimate of drug-likeness (QED) is 0.627. The minimum Gasteiger partial charge on any atom is -0.738 e. The highest BCUT2D eigenvalue weighted by molar-refractivity contribution is 7.85. The molecule has 0 aliphatic rings. The molecule has 1 aromatic heterocycles. The highest BCUT2D eigenvalue weighted by atomic mass is 32.2. The van der Waals surface area contributed by atoms with Crippen molar-refractivity contribution < 1.29 is 17.5 Å². The third-order valence-electron chi connectivity index (χ3n) is 2.38. The van der Waals surface area contributed by atoms with Crippen LogP contribution in [0.3, 0.4) is 0 Å². The van der Waals surface area contributed by atoms with Crippen LogP contribution in [-0.4, -0.2) is 18.0 Å². The SMILES string of the molecule is CC(C)[n+]1c(S(=O)(=O)[O-])[nH]c2ccccc21. The standard InChI is InChI=1S/C10H12N2O3S/c1-7(2)12-9-6-4-3-5-8(9)11-10(12)16(13,14)15/h3-7H,1-2H3,(H,13,14,15). The van der Waals surface area contributed by atoms with E-state index < -0.39 is 10.1 Å². The summed E-state index contributed by atoms with van der Waals surface area (Å²) in [7, 11) is -4.48. The van der Waals surface area contributed by atoms with Gasteiger partial charge in [-0.2, -0.15) is 0 Å². The molecule has 0 bridgehead atoms. The van der Waals surface area contributed by atoms with Crippen LogP contribution >= 0.6 is 0 Å². The highest BCUT2D eigenvalue weighted by Crippen LogP contribution is 2.14. The fourth-order valence-electron chi connectivity index (χ4n) is 1.77. The van der Waals surface area contributed by atoms with Crippen molar-refractivity contribution in [3.8, 4) is 0 Å². The van der Waals surface area contributed by atoms with Gasteiger partial charge < -0.3 is 4.55 Å². The van der Waals surface area contributed by atoms with Crippen LogP contribution in [0.25, 0.3) is 11.0 Å². The molecule has 16 heavy (non-hydrogen) atoms. The van der Waals surface area contributed by atoms with Gasteiger partial charge in [-0.25, -0.2) is 18.0 Å². The molecule has 0 atom stereocenters. The molecular weight excluding hydrogens is 228 g/mol. The van der Waals surface area contributed by atoms with Crippen LogP contribution in [0.15, 0.2) is 29.4 Å². The molecule has 1 heterocycles. The highest BCUT2D eigenvalue weighted by Gasteiger charge is 2.25. The van der Waals surface area contributed by atoms with Gasteiger partial charge >= 0.3 is 5.16 Å². The van der Waals surface area contributed by atoms with Gasteiger partial charge in [0.15, 0.2) is 11.0 Å². The number of fused-ring (bicyclic) bond motifs is 1. The molecular formula is C10H12N2O3S. The van der Waals surface area contributed by atoms with Crippen LogP contribution in [0.5, 0.6) is 0 Å². The summed E-state index contributed by atoms with van der Waals surface area (Å²) in [4.78, 5) is 2.65. The van der Waals surface area contributed by atoms with Gasteiger partial charge in [0.1, 0.15) is 0 Å². The number of nitrogens with one attached hydrogen (secondary N) is 1. The molecule has 1 N–H and O–H groups in total. The Kier molecular flexibility index (Phi) is 2.47. The molecule has 0 radical (unpaired) electrons. The number of aromatic nitrogens is 2. The zero-order chi connectivity index (χ0) is 11.9. The largest absolute Gasteiger partial charge is 0.738 e. The first kappa shape index (κ1) is 11.1. The fraction of sp³-hybridized carbons (Fsp3) is 0.300. The summed E-state index contributed by atoms with van der Waals surface area (Å²) in [6, 6.07) is 7.00. The van der Waals surface area contributed by atoms with Gasteiger partial charge in [-0.05, 0) is 26.0 Å². The maximum absolute atomic E-state index is 11.1. The number of hydrogen-bond acceptors (Lipinski definition) is 3. The minimum atomic E-state index is -4.48. The summed E-state index contributed by atoms with van der Waals surface area (Å²) in [5, 5.41) is -0.288. The van der Waals surface area contributed by atoms with E-state index in [1.165, 1.54) is 4.57 Å². The Morgan fingerprint density at radius 3 is 2.50 bits per heavy atom. The smallest absolute Gasteiger partial charge is 0.362 e. The molecule has 2 aromatic rings. The van der Waals surface area contributed by atoms with E-state index in [9.17, 15) is 13.0 Å². The molecule has 0 aliphatic carbocycles. The summed E-state index contributed by atoms with van der Waals surface area (Å²) < 4.78 is 34.9. The number of hydrogen-bond donors (Lipinski definition) is 1. The van der Waals surface area contributed by atoms with Crippen LogP contribution in [0, 0.1) is 0 Å². The lowest BCUT2D eigenvalue weighted by atomic mass is 10.3. The molecule has 86 valence electrons. The van der Waals surface area contributed by atoms with Gasteiger partial charge in [0.2, 0.25) is 10.1 Å². The van der Waals surface area contributed by atoms with Crippen molar-refractivity contribution in [2.24, 2.45) is 0 Å². The molecule has 0 spiro atoms. The lowest BCUT2D eigenvalue weighted by Crippen LogP contribution is -2.40. The van der Waals surface area contributed by atoms with Crippen molar-refractivity contribution >= 4 is 21.2 Å². The maximum atomic E-state index is 11.1. The number of rotatable bonds is 2. The minimum absolute atomic E-state index is 0.102. The number of para-hydroxylation sites is 2. The molecule has 0 saturated heterocycles. The van der Waals surface area contributed by atoms with Crippen LogP contribution in [0.2, 0.25) is 0 Å². The van der Waals surface area contributed by atoms with Crippen molar-refractivity contribution in [1.82, 2.24) is 4.98 Å². The van der Waals surface area contributed by atoms with Gasteiger partial charge in [-0.1, -0.05) is 12.1 Å². The molecule has 0 fully saturated rings. The first-order valence-electron chi connectivity index (χ1n) is 4.89. The third-order valence-corrected chi connectivity index (χ3v) is 3.15. The van der Waals surface area contributed by atoms with Crippen LogP contribution in [0.1, 0.15) is 19.9 Å². The first-order valence-corrected chi connectivity index (χ1v) is 6.30. The fourth-order valence-corrected chi connectivity index (χ4v) is 2.55. The first-order chi connectivity index (χ1) is 7.41. The second-order valence-electron chi connectivity index (χ2n) is 3.87. The van der Waals surface area contributed by atoms with E-state index in [2.05, 4.69) is 4.98 Å². The van der Waals surface area contributed by atoms with Crippen molar-refractivity contribution in [1.29, 1.82) is 0 Å². The monoisotopic (exact) mass is 240 g/mol. The predicted molar refractivity (Wildman–Crippen MR) is 56.8 cm³/mol. The Hall–Kier alpha value is -1.40. The molecule has 5 nitrogen and oxygen atoms in total. The van der Waals surface area contributed by atoms with Gasteiger partial charge in [0.25, 0.3) is 0 Å². The molecule has 2 rings (SSSR count). The molecule has 0 aliphatic heterocycles. The summed E-state index contributed by atoms with van der Waals surface area (Å²) >= 11 is 0.